The molecule has 0 atom stereocenters. The molecule has 0 aliphatic heterocycles. The lowest BCUT2D eigenvalue weighted by Crippen LogP contribution is -2.36. The van der Waals surface area contributed by atoms with Gasteiger partial charge in [-0.3, -0.25) is 4.79 Å². The van der Waals surface area contributed by atoms with Gasteiger partial charge in [-0.1, -0.05) is 0 Å². The standard InChI is InChI=1S/C17H24N2O5/c1-21-7-5-19(6-8-22-2)17(20)14-9-12-10-15(23-3)16(24-4)11-13(12)18-14/h9-11,18H,5-8H2,1-4H3. The summed E-state index contributed by atoms with van der Waals surface area (Å²) in [5.41, 5.74) is 1.32. The van der Waals surface area contributed by atoms with Gasteiger partial charge in [0.25, 0.3) is 5.91 Å². The molecule has 7 heteroatoms. The third-order valence-electron chi connectivity index (χ3n) is 3.77. The van der Waals surface area contributed by atoms with Gasteiger partial charge in [0.1, 0.15) is 5.69 Å². The second-order valence-corrected chi connectivity index (χ2v) is 5.26. The van der Waals surface area contributed by atoms with Gasteiger partial charge in [0, 0.05) is 44.3 Å². The fourth-order valence-corrected chi connectivity index (χ4v) is 2.46. The van der Waals surface area contributed by atoms with E-state index in [-0.39, 0.29) is 5.91 Å². The molecule has 0 unspecified atom stereocenters. The number of nitrogens with zero attached hydrogens (tertiary/aromatic N) is 1. The number of carbonyl (C=O) groups excluding carboxylic acids is 1. The van der Waals surface area contributed by atoms with Crippen molar-refractivity contribution in [3.05, 3.63) is 23.9 Å². The lowest BCUT2D eigenvalue weighted by Gasteiger charge is -2.21. The molecule has 0 spiro atoms. The van der Waals surface area contributed by atoms with Crippen LogP contribution in [0.4, 0.5) is 0 Å². The molecule has 2 aromatic rings. The number of H-pyrrole nitrogens is 1. The molecule has 132 valence electrons. The van der Waals surface area contributed by atoms with Crippen molar-refractivity contribution in [1.82, 2.24) is 9.88 Å². The lowest BCUT2D eigenvalue weighted by molar-refractivity contribution is 0.0623. The Morgan fingerprint density at radius 2 is 1.54 bits per heavy atom. The Labute approximate surface area is 141 Å². The van der Waals surface area contributed by atoms with Gasteiger partial charge >= 0.3 is 0 Å². The molecule has 1 amide bonds. The summed E-state index contributed by atoms with van der Waals surface area (Å²) in [5.74, 6) is 1.14. The van der Waals surface area contributed by atoms with Gasteiger partial charge in [0.05, 0.1) is 27.4 Å². The Balaban J connectivity index is 2.29. The van der Waals surface area contributed by atoms with Crippen LogP contribution in [0.5, 0.6) is 11.5 Å². The molecule has 1 N–H and O–H groups in total. The van der Waals surface area contributed by atoms with E-state index < -0.39 is 0 Å². The third-order valence-corrected chi connectivity index (χ3v) is 3.77. The minimum absolute atomic E-state index is 0.0989. The zero-order valence-electron chi connectivity index (χ0n) is 14.5. The predicted molar refractivity (Wildman–Crippen MR) is 91.1 cm³/mol. The number of nitrogens with one attached hydrogen (secondary N) is 1. The third kappa shape index (κ3) is 3.98. The number of aromatic nitrogens is 1. The maximum Gasteiger partial charge on any atom is 0.270 e. The summed E-state index contributed by atoms with van der Waals surface area (Å²) in [7, 11) is 6.39. The Kier molecular flexibility index (Phi) is 6.45. The van der Waals surface area contributed by atoms with Crippen molar-refractivity contribution in [1.29, 1.82) is 0 Å². The van der Waals surface area contributed by atoms with Crippen LogP contribution in [0.2, 0.25) is 0 Å². The molecule has 0 radical (unpaired) electrons. The molecule has 0 saturated carbocycles. The molecular weight excluding hydrogens is 312 g/mol. The van der Waals surface area contributed by atoms with E-state index in [1.807, 2.05) is 18.2 Å². The van der Waals surface area contributed by atoms with Gasteiger partial charge in [0.2, 0.25) is 0 Å². The summed E-state index contributed by atoms with van der Waals surface area (Å²) in [5, 5.41) is 0.884. The summed E-state index contributed by atoms with van der Waals surface area (Å²) in [6.07, 6.45) is 0. The molecular formula is C17H24N2O5. The van der Waals surface area contributed by atoms with Crippen LogP contribution in [0.15, 0.2) is 18.2 Å². The number of ether oxygens (including phenoxy) is 4. The molecule has 0 aliphatic rings. The lowest BCUT2D eigenvalue weighted by atomic mass is 10.2. The molecule has 24 heavy (non-hydrogen) atoms. The zero-order chi connectivity index (χ0) is 17.5. The van der Waals surface area contributed by atoms with Gasteiger partial charge in [-0.15, -0.1) is 0 Å². The van der Waals surface area contributed by atoms with E-state index in [2.05, 4.69) is 4.98 Å². The molecule has 1 aromatic heterocycles. The number of hydrogen-bond donors (Lipinski definition) is 1. The highest BCUT2D eigenvalue weighted by molar-refractivity contribution is 5.98. The van der Waals surface area contributed by atoms with E-state index in [0.29, 0.717) is 43.5 Å². The number of aromatic amines is 1. The molecule has 0 aliphatic carbocycles. The number of fused-ring (bicyclic) bond motifs is 1. The van der Waals surface area contributed by atoms with Crippen molar-refractivity contribution in [2.75, 3.05) is 54.7 Å². The SMILES string of the molecule is COCCN(CCOC)C(=O)c1cc2cc(OC)c(OC)cc2[nH]1. The van der Waals surface area contributed by atoms with Crippen LogP contribution in [0.1, 0.15) is 10.5 Å². The van der Waals surface area contributed by atoms with Gasteiger partial charge in [-0.05, 0) is 12.1 Å². The summed E-state index contributed by atoms with van der Waals surface area (Å²) in [6, 6.07) is 5.47. The smallest absolute Gasteiger partial charge is 0.270 e. The highest BCUT2D eigenvalue weighted by atomic mass is 16.5. The highest BCUT2D eigenvalue weighted by Crippen LogP contribution is 2.32. The minimum Gasteiger partial charge on any atom is -0.493 e. The van der Waals surface area contributed by atoms with Crippen LogP contribution in [-0.2, 0) is 9.47 Å². The van der Waals surface area contributed by atoms with Crippen LogP contribution >= 0.6 is 0 Å². The molecule has 7 nitrogen and oxygen atoms in total. The predicted octanol–water partition coefficient (Wildman–Crippen LogP) is 1.92. The summed E-state index contributed by atoms with van der Waals surface area (Å²) in [4.78, 5) is 17.6. The molecule has 1 heterocycles. The van der Waals surface area contributed by atoms with Gasteiger partial charge < -0.3 is 28.8 Å². The zero-order valence-corrected chi connectivity index (χ0v) is 14.5. The second kappa shape index (κ2) is 8.56. The highest BCUT2D eigenvalue weighted by Gasteiger charge is 2.18. The van der Waals surface area contributed by atoms with Crippen molar-refractivity contribution in [2.45, 2.75) is 0 Å². The van der Waals surface area contributed by atoms with E-state index >= 15 is 0 Å². The monoisotopic (exact) mass is 336 g/mol. The Morgan fingerprint density at radius 3 is 2.08 bits per heavy atom. The van der Waals surface area contributed by atoms with E-state index in [9.17, 15) is 4.79 Å². The van der Waals surface area contributed by atoms with Crippen LogP contribution < -0.4 is 9.47 Å². The molecule has 2 rings (SSSR count). The molecule has 0 saturated heterocycles. The first-order valence-electron chi connectivity index (χ1n) is 7.66. The first-order chi connectivity index (χ1) is 11.6. The Hall–Kier alpha value is -2.25. The number of hydrogen-bond acceptors (Lipinski definition) is 5. The largest absolute Gasteiger partial charge is 0.493 e. The topological polar surface area (TPSA) is 73.0 Å². The normalized spacial score (nSPS) is 10.8. The van der Waals surface area contributed by atoms with E-state index in [0.717, 1.165) is 10.9 Å². The Morgan fingerprint density at radius 1 is 0.958 bits per heavy atom. The minimum atomic E-state index is -0.0989. The van der Waals surface area contributed by atoms with E-state index in [1.54, 1.807) is 33.3 Å². The number of amides is 1. The Bertz CT molecular complexity index is 634. The number of carbonyl (C=O) groups is 1. The summed E-state index contributed by atoms with van der Waals surface area (Å²) < 4.78 is 20.8. The number of methoxy groups -OCH3 is 4. The quantitative estimate of drug-likeness (QED) is 0.757. The second-order valence-electron chi connectivity index (χ2n) is 5.26. The first kappa shape index (κ1) is 18.1. The van der Waals surface area contributed by atoms with Gasteiger partial charge in [-0.2, -0.15) is 0 Å². The van der Waals surface area contributed by atoms with Crippen molar-refractivity contribution in [3.63, 3.8) is 0 Å². The van der Waals surface area contributed by atoms with E-state index in [4.69, 9.17) is 18.9 Å². The maximum atomic E-state index is 12.8. The fourth-order valence-electron chi connectivity index (χ4n) is 2.46. The fraction of sp³-hybridized carbons (Fsp3) is 0.471. The van der Waals surface area contributed by atoms with Crippen LogP contribution in [0, 0.1) is 0 Å². The molecule has 0 fully saturated rings. The van der Waals surface area contributed by atoms with Crippen molar-refractivity contribution >= 4 is 16.8 Å². The van der Waals surface area contributed by atoms with E-state index in [1.165, 1.54) is 0 Å². The average Bonchev–Trinajstić information content (AvgIpc) is 3.02. The van der Waals surface area contributed by atoms with Crippen LogP contribution in [0.25, 0.3) is 10.9 Å². The summed E-state index contributed by atoms with van der Waals surface area (Å²) in [6.45, 7) is 1.94. The van der Waals surface area contributed by atoms with Crippen molar-refractivity contribution in [3.8, 4) is 11.5 Å². The van der Waals surface area contributed by atoms with Gasteiger partial charge in [0.15, 0.2) is 11.5 Å². The number of rotatable bonds is 9. The van der Waals surface area contributed by atoms with Crippen molar-refractivity contribution < 1.29 is 23.7 Å². The van der Waals surface area contributed by atoms with Crippen LogP contribution in [0.3, 0.4) is 0 Å². The van der Waals surface area contributed by atoms with Gasteiger partial charge in [-0.25, -0.2) is 0 Å². The average molecular weight is 336 g/mol. The molecule has 0 bridgehead atoms. The van der Waals surface area contributed by atoms with Crippen LogP contribution in [-0.4, -0.2) is 70.5 Å². The molecule has 1 aromatic carbocycles. The number of benzene rings is 1. The first-order valence-corrected chi connectivity index (χ1v) is 7.66. The van der Waals surface area contributed by atoms with Crippen molar-refractivity contribution in [2.24, 2.45) is 0 Å². The maximum absolute atomic E-state index is 12.8. The summed E-state index contributed by atoms with van der Waals surface area (Å²) >= 11 is 0.